The lowest BCUT2D eigenvalue weighted by molar-refractivity contribution is 0.226. The number of hydrogen-bond acceptors (Lipinski definition) is 2. The van der Waals surface area contributed by atoms with Crippen molar-refractivity contribution in [3.05, 3.63) is 0 Å². The van der Waals surface area contributed by atoms with Gasteiger partial charge in [-0.2, -0.15) is 0 Å². The quantitative estimate of drug-likeness (QED) is 0.748. The average molecular weight is 210 g/mol. The maximum Gasteiger partial charge on any atom is 0.0166 e. The van der Waals surface area contributed by atoms with Crippen LogP contribution in [0.4, 0.5) is 0 Å². The summed E-state index contributed by atoms with van der Waals surface area (Å²) in [4.78, 5) is 0. The molecule has 1 atom stereocenters. The predicted molar refractivity (Wildman–Crippen MR) is 64.8 cm³/mol. The molecule has 2 rings (SSSR count). The van der Waals surface area contributed by atoms with Gasteiger partial charge in [-0.15, -0.1) is 0 Å². The normalized spacial score (nSPS) is 32.6. The van der Waals surface area contributed by atoms with Crippen LogP contribution in [0.3, 0.4) is 0 Å². The monoisotopic (exact) mass is 210 g/mol. The lowest BCUT2D eigenvalue weighted by atomic mass is 9.75. The molecule has 0 bridgehead atoms. The van der Waals surface area contributed by atoms with Gasteiger partial charge in [-0.1, -0.05) is 13.8 Å². The number of hydrogen-bond donors (Lipinski definition) is 2. The molecule has 0 radical (unpaired) electrons. The van der Waals surface area contributed by atoms with Gasteiger partial charge in [0.1, 0.15) is 0 Å². The maximum absolute atomic E-state index is 6.20. The molecule has 2 saturated carbocycles. The van der Waals surface area contributed by atoms with Crippen molar-refractivity contribution in [3.63, 3.8) is 0 Å². The van der Waals surface area contributed by atoms with E-state index in [9.17, 15) is 0 Å². The van der Waals surface area contributed by atoms with E-state index in [4.69, 9.17) is 5.73 Å². The first kappa shape index (κ1) is 11.4. The summed E-state index contributed by atoms with van der Waals surface area (Å²) in [5.74, 6) is 0. The van der Waals surface area contributed by atoms with Crippen LogP contribution in [-0.2, 0) is 0 Å². The molecule has 0 amide bonds. The Hall–Kier alpha value is -0.0800. The number of nitrogens with one attached hydrogen (secondary N) is 1. The zero-order chi connectivity index (χ0) is 10.9. The molecule has 1 unspecified atom stereocenters. The molecule has 0 aromatic heterocycles. The SMILES string of the molecule is CC1(C)CCC(NCCC2(N)CCC2)C1. The molecule has 0 aliphatic heterocycles. The van der Waals surface area contributed by atoms with Crippen molar-refractivity contribution >= 4 is 0 Å². The molecule has 0 aromatic rings. The molecular weight excluding hydrogens is 184 g/mol. The van der Waals surface area contributed by atoms with Gasteiger partial charge >= 0.3 is 0 Å². The zero-order valence-corrected chi connectivity index (χ0v) is 10.3. The lowest BCUT2D eigenvalue weighted by Crippen LogP contribution is -2.48. The van der Waals surface area contributed by atoms with E-state index in [1.54, 1.807) is 0 Å². The van der Waals surface area contributed by atoms with Gasteiger partial charge in [-0.05, 0) is 56.9 Å². The second-order valence-electron chi connectivity index (χ2n) is 6.52. The molecule has 3 N–H and O–H groups in total. The van der Waals surface area contributed by atoms with Crippen LogP contribution in [0, 0.1) is 5.41 Å². The summed E-state index contributed by atoms with van der Waals surface area (Å²) in [6.45, 7) is 5.88. The number of rotatable bonds is 4. The summed E-state index contributed by atoms with van der Waals surface area (Å²) < 4.78 is 0. The van der Waals surface area contributed by atoms with Crippen LogP contribution in [-0.4, -0.2) is 18.1 Å². The predicted octanol–water partition coefficient (Wildman–Crippen LogP) is 2.43. The van der Waals surface area contributed by atoms with Gasteiger partial charge in [0, 0.05) is 11.6 Å². The highest BCUT2D eigenvalue weighted by atomic mass is 14.9. The fraction of sp³-hybridized carbons (Fsp3) is 1.00. The van der Waals surface area contributed by atoms with E-state index in [-0.39, 0.29) is 5.54 Å². The van der Waals surface area contributed by atoms with Gasteiger partial charge < -0.3 is 11.1 Å². The third-order valence-corrected chi connectivity index (χ3v) is 4.37. The highest BCUT2D eigenvalue weighted by Gasteiger charge is 2.33. The van der Waals surface area contributed by atoms with Crippen molar-refractivity contribution in [1.82, 2.24) is 5.32 Å². The Kier molecular flexibility index (Phi) is 3.09. The summed E-state index contributed by atoms with van der Waals surface area (Å²) in [5.41, 5.74) is 6.96. The van der Waals surface area contributed by atoms with Crippen molar-refractivity contribution < 1.29 is 0 Å². The topological polar surface area (TPSA) is 38.0 Å². The minimum Gasteiger partial charge on any atom is -0.325 e. The van der Waals surface area contributed by atoms with E-state index in [2.05, 4.69) is 19.2 Å². The Morgan fingerprint density at radius 1 is 1.27 bits per heavy atom. The zero-order valence-electron chi connectivity index (χ0n) is 10.3. The fourth-order valence-electron chi connectivity index (χ4n) is 3.02. The molecule has 2 fully saturated rings. The van der Waals surface area contributed by atoms with Crippen LogP contribution >= 0.6 is 0 Å². The highest BCUT2D eigenvalue weighted by Crippen LogP contribution is 2.37. The van der Waals surface area contributed by atoms with E-state index in [1.165, 1.54) is 44.9 Å². The largest absolute Gasteiger partial charge is 0.325 e. The maximum atomic E-state index is 6.20. The molecular formula is C13H26N2. The Balaban J connectivity index is 1.62. The Morgan fingerprint density at radius 2 is 2.00 bits per heavy atom. The van der Waals surface area contributed by atoms with Gasteiger partial charge in [0.2, 0.25) is 0 Å². The fourth-order valence-corrected chi connectivity index (χ4v) is 3.02. The Labute approximate surface area is 94.0 Å². The Bertz CT molecular complexity index is 219. The second-order valence-corrected chi connectivity index (χ2v) is 6.52. The van der Waals surface area contributed by atoms with Gasteiger partial charge in [0.25, 0.3) is 0 Å². The standard InChI is InChI=1S/C13H26N2/c1-12(2)7-4-11(10-12)15-9-8-13(14)5-3-6-13/h11,15H,3-10,14H2,1-2H3. The summed E-state index contributed by atoms with van der Waals surface area (Å²) in [5, 5.41) is 3.68. The van der Waals surface area contributed by atoms with Crippen molar-refractivity contribution in [1.29, 1.82) is 0 Å². The first-order chi connectivity index (χ1) is 6.99. The molecule has 0 saturated heterocycles. The lowest BCUT2D eigenvalue weighted by Gasteiger charge is -2.38. The summed E-state index contributed by atoms with van der Waals surface area (Å²) >= 11 is 0. The van der Waals surface area contributed by atoms with Gasteiger partial charge in [0.05, 0.1) is 0 Å². The van der Waals surface area contributed by atoms with Crippen molar-refractivity contribution in [2.75, 3.05) is 6.54 Å². The molecule has 2 nitrogen and oxygen atoms in total. The van der Waals surface area contributed by atoms with Gasteiger partial charge in [-0.3, -0.25) is 0 Å². The third kappa shape index (κ3) is 2.94. The molecule has 2 aliphatic carbocycles. The summed E-state index contributed by atoms with van der Waals surface area (Å²) in [6.07, 6.45) is 9.06. The van der Waals surface area contributed by atoms with Crippen LogP contribution in [0.25, 0.3) is 0 Å². The van der Waals surface area contributed by atoms with E-state index >= 15 is 0 Å². The Morgan fingerprint density at radius 3 is 2.47 bits per heavy atom. The second kappa shape index (κ2) is 4.06. The molecule has 0 heterocycles. The first-order valence-corrected chi connectivity index (χ1v) is 6.52. The molecule has 2 aliphatic rings. The number of nitrogens with two attached hydrogens (primary N) is 1. The molecule has 88 valence electrons. The smallest absolute Gasteiger partial charge is 0.0166 e. The van der Waals surface area contributed by atoms with Crippen molar-refractivity contribution in [2.24, 2.45) is 11.1 Å². The minimum absolute atomic E-state index is 0.196. The highest BCUT2D eigenvalue weighted by molar-refractivity contribution is 4.93. The van der Waals surface area contributed by atoms with Crippen LogP contribution in [0.1, 0.15) is 58.8 Å². The van der Waals surface area contributed by atoms with Gasteiger partial charge in [0.15, 0.2) is 0 Å². The average Bonchev–Trinajstić information content (AvgIpc) is 2.43. The van der Waals surface area contributed by atoms with Crippen LogP contribution in [0.5, 0.6) is 0 Å². The van der Waals surface area contributed by atoms with E-state index in [1.807, 2.05) is 0 Å². The van der Waals surface area contributed by atoms with E-state index in [0.717, 1.165) is 12.6 Å². The molecule has 0 spiro atoms. The molecule has 2 heteroatoms. The molecule has 15 heavy (non-hydrogen) atoms. The van der Waals surface area contributed by atoms with Crippen molar-refractivity contribution in [2.45, 2.75) is 70.4 Å². The van der Waals surface area contributed by atoms with Crippen LogP contribution in [0.15, 0.2) is 0 Å². The molecule has 0 aromatic carbocycles. The van der Waals surface area contributed by atoms with Gasteiger partial charge in [-0.25, -0.2) is 0 Å². The summed E-state index contributed by atoms with van der Waals surface area (Å²) in [7, 11) is 0. The third-order valence-electron chi connectivity index (χ3n) is 4.37. The van der Waals surface area contributed by atoms with Crippen LogP contribution < -0.4 is 11.1 Å². The van der Waals surface area contributed by atoms with E-state index in [0.29, 0.717) is 5.41 Å². The van der Waals surface area contributed by atoms with Crippen LogP contribution in [0.2, 0.25) is 0 Å². The van der Waals surface area contributed by atoms with Crippen molar-refractivity contribution in [3.8, 4) is 0 Å². The van der Waals surface area contributed by atoms with E-state index < -0.39 is 0 Å². The minimum atomic E-state index is 0.196. The first-order valence-electron chi connectivity index (χ1n) is 6.52. The summed E-state index contributed by atoms with van der Waals surface area (Å²) in [6, 6.07) is 0.753.